The van der Waals surface area contributed by atoms with E-state index in [-0.39, 0.29) is 20.8 Å². The van der Waals surface area contributed by atoms with Gasteiger partial charge in [0, 0.05) is 10.9 Å². The van der Waals surface area contributed by atoms with Gasteiger partial charge in [-0.15, -0.1) is 0 Å². The van der Waals surface area contributed by atoms with Crippen LogP contribution in [0.15, 0.2) is 82.7 Å². The van der Waals surface area contributed by atoms with Crippen molar-refractivity contribution in [3.05, 3.63) is 105 Å². The first-order valence-corrected chi connectivity index (χ1v) is 15.2. The van der Waals surface area contributed by atoms with Crippen molar-refractivity contribution in [2.45, 2.75) is 18.3 Å². The van der Waals surface area contributed by atoms with Crippen LogP contribution in [0.1, 0.15) is 22.7 Å². The van der Waals surface area contributed by atoms with Gasteiger partial charge in [0.1, 0.15) is 11.6 Å². The Balaban J connectivity index is 1.47. The lowest BCUT2D eigenvalue weighted by atomic mass is 9.77. The molecular weight excluding hydrogens is 678 g/mol. The molecule has 0 bridgehead atoms. The standard InChI is InChI=1S/C29H15ClF6N6O2S2/c30-14-11-9-13(10-12-14)19(20-22(28(31,32)33)39-41(24(20)43)26-37-15-5-1-3-7-17(15)45-26)21-23(29(34,35)36)40-42(25(21)44)27-38-16-6-2-4-8-18(16)46-27/h1-12,19-20,40H/t19-,20-/m0/s1. The van der Waals surface area contributed by atoms with Crippen LogP contribution < -0.4 is 10.6 Å². The number of hydrazone groups is 1. The number of aromatic amines is 1. The Morgan fingerprint density at radius 2 is 1.35 bits per heavy atom. The number of nitrogens with zero attached hydrogens (tertiary/aromatic N) is 5. The van der Waals surface area contributed by atoms with Crippen molar-refractivity contribution in [1.82, 2.24) is 19.7 Å². The lowest BCUT2D eigenvalue weighted by Crippen LogP contribution is -2.39. The van der Waals surface area contributed by atoms with E-state index in [0.29, 0.717) is 30.1 Å². The van der Waals surface area contributed by atoms with Gasteiger partial charge in [0.05, 0.1) is 26.0 Å². The van der Waals surface area contributed by atoms with E-state index in [9.17, 15) is 35.9 Å². The topological polar surface area (TPSA) is 96.2 Å². The smallest absolute Gasteiger partial charge is 0.284 e. The lowest BCUT2D eigenvalue weighted by Gasteiger charge is -2.25. The molecule has 234 valence electrons. The van der Waals surface area contributed by atoms with Crippen molar-refractivity contribution < 1.29 is 31.1 Å². The number of rotatable bonds is 5. The minimum absolute atomic E-state index is 0.123. The first-order valence-electron chi connectivity index (χ1n) is 13.2. The van der Waals surface area contributed by atoms with Gasteiger partial charge in [-0.1, -0.05) is 70.7 Å². The zero-order valence-corrected chi connectivity index (χ0v) is 25.0. The summed E-state index contributed by atoms with van der Waals surface area (Å²) in [6, 6.07) is 17.9. The molecule has 0 saturated heterocycles. The number of H-pyrrole nitrogens is 1. The Labute approximate surface area is 266 Å². The maximum Gasteiger partial charge on any atom is 0.433 e. The summed E-state index contributed by atoms with van der Waals surface area (Å²) in [5.74, 6) is -5.83. The quantitative estimate of drug-likeness (QED) is 0.187. The zero-order chi connectivity index (χ0) is 32.5. The number of carbonyl (C=O) groups excluding carboxylic acids is 1. The number of para-hydroxylation sites is 2. The summed E-state index contributed by atoms with van der Waals surface area (Å²) >= 11 is 7.78. The van der Waals surface area contributed by atoms with Crippen LogP contribution in [0.2, 0.25) is 5.02 Å². The summed E-state index contributed by atoms with van der Waals surface area (Å²) in [6.07, 6.45) is -10.5. The highest BCUT2D eigenvalue weighted by Crippen LogP contribution is 2.46. The van der Waals surface area contributed by atoms with E-state index in [1.54, 1.807) is 48.5 Å². The second kappa shape index (κ2) is 10.8. The number of fused-ring (bicyclic) bond motifs is 2. The fourth-order valence-electron chi connectivity index (χ4n) is 5.33. The third kappa shape index (κ3) is 5.05. The summed E-state index contributed by atoms with van der Waals surface area (Å²) in [4.78, 5) is 36.5. The number of halogens is 7. The van der Waals surface area contributed by atoms with Gasteiger partial charge in [0.25, 0.3) is 11.5 Å². The van der Waals surface area contributed by atoms with Crippen molar-refractivity contribution in [3.8, 4) is 5.13 Å². The summed E-state index contributed by atoms with van der Waals surface area (Å²) in [5, 5.41) is 5.76. The molecule has 0 aliphatic carbocycles. The maximum atomic E-state index is 14.7. The molecule has 2 atom stereocenters. The minimum Gasteiger partial charge on any atom is -0.284 e. The molecule has 3 aromatic heterocycles. The van der Waals surface area contributed by atoms with Crippen LogP contribution in [0.4, 0.5) is 31.5 Å². The van der Waals surface area contributed by atoms with Crippen LogP contribution in [0.3, 0.4) is 0 Å². The SMILES string of the molecule is O=C1[C@@H]([C@H](c2ccc(Cl)cc2)c2c(C(F)(F)F)[nH]n(-c3nc4ccccc4s3)c2=O)C(C(F)(F)F)=NN1c1nc2ccccc2s1. The van der Waals surface area contributed by atoms with Crippen LogP contribution in [-0.2, 0) is 11.0 Å². The van der Waals surface area contributed by atoms with Crippen molar-refractivity contribution in [2.75, 3.05) is 5.01 Å². The Kier molecular flexibility index (Phi) is 7.06. The highest BCUT2D eigenvalue weighted by molar-refractivity contribution is 7.22. The zero-order valence-electron chi connectivity index (χ0n) is 22.6. The second-order valence-corrected chi connectivity index (χ2v) is 12.6. The molecule has 4 heterocycles. The average molecular weight is 693 g/mol. The Bertz CT molecular complexity index is 2170. The number of benzene rings is 3. The molecule has 0 fully saturated rings. The summed E-state index contributed by atoms with van der Waals surface area (Å²) < 4.78 is 89.8. The molecule has 46 heavy (non-hydrogen) atoms. The highest BCUT2D eigenvalue weighted by atomic mass is 35.5. The molecule has 7 rings (SSSR count). The predicted molar refractivity (Wildman–Crippen MR) is 162 cm³/mol. The predicted octanol–water partition coefficient (Wildman–Crippen LogP) is 7.77. The fraction of sp³-hybridized carbons (Fsp3) is 0.138. The number of anilines is 1. The molecule has 0 radical (unpaired) electrons. The van der Waals surface area contributed by atoms with Gasteiger partial charge in [-0.25, -0.2) is 9.97 Å². The first kappa shape index (κ1) is 30.1. The van der Waals surface area contributed by atoms with Crippen LogP contribution in [0.5, 0.6) is 0 Å². The molecule has 0 unspecified atom stereocenters. The van der Waals surface area contributed by atoms with Gasteiger partial charge in [0.2, 0.25) is 10.3 Å². The van der Waals surface area contributed by atoms with Gasteiger partial charge >= 0.3 is 12.4 Å². The molecule has 6 aromatic rings. The third-order valence-corrected chi connectivity index (χ3v) is 9.57. The highest BCUT2D eigenvalue weighted by Gasteiger charge is 2.56. The van der Waals surface area contributed by atoms with Crippen molar-refractivity contribution in [1.29, 1.82) is 0 Å². The van der Waals surface area contributed by atoms with E-state index in [0.717, 1.165) is 22.7 Å². The molecule has 1 N–H and O–H groups in total. The Morgan fingerprint density at radius 3 is 1.91 bits per heavy atom. The van der Waals surface area contributed by atoms with Crippen molar-refractivity contribution in [2.24, 2.45) is 11.0 Å². The van der Waals surface area contributed by atoms with E-state index in [4.69, 9.17) is 11.6 Å². The van der Waals surface area contributed by atoms with Gasteiger partial charge in [-0.3, -0.25) is 14.7 Å². The Hall–Kier alpha value is -4.54. The average Bonchev–Trinajstić information content (AvgIpc) is 3.77. The van der Waals surface area contributed by atoms with Gasteiger partial charge in [-0.2, -0.15) is 41.1 Å². The van der Waals surface area contributed by atoms with E-state index >= 15 is 0 Å². The van der Waals surface area contributed by atoms with Gasteiger partial charge in [0.15, 0.2) is 5.71 Å². The summed E-state index contributed by atoms with van der Waals surface area (Å²) in [6.45, 7) is 0. The number of thiazole rings is 2. The van der Waals surface area contributed by atoms with Crippen LogP contribution in [0, 0.1) is 5.92 Å². The maximum absolute atomic E-state index is 14.7. The number of hydrogen-bond donors (Lipinski definition) is 1. The molecule has 1 aliphatic rings. The molecule has 3 aromatic carbocycles. The monoisotopic (exact) mass is 692 g/mol. The van der Waals surface area contributed by atoms with Crippen molar-refractivity contribution >= 4 is 71.5 Å². The molecule has 0 spiro atoms. The second-order valence-electron chi connectivity index (χ2n) is 10.1. The number of alkyl halides is 6. The molecule has 1 amide bonds. The fourth-order valence-corrected chi connectivity index (χ4v) is 7.30. The molecule has 8 nitrogen and oxygen atoms in total. The van der Waals surface area contributed by atoms with Gasteiger partial charge < -0.3 is 0 Å². The number of hydrogen-bond acceptors (Lipinski definition) is 7. The Morgan fingerprint density at radius 1 is 0.783 bits per heavy atom. The third-order valence-electron chi connectivity index (χ3n) is 7.29. The summed E-state index contributed by atoms with van der Waals surface area (Å²) in [7, 11) is 0. The number of amides is 1. The van der Waals surface area contributed by atoms with Crippen LogP contribution >= 0.6 is 34.3 Å². The molecule has 0 saturated carbocycles. The van der Waals surface area contributed by atoms with E-state index in [2.05, 4.69) is 15.1 Å². The van der Waals surface area contributed by atoms with Crippen molar-refractivity contribution in [3.63, 3.8) is 0 Å². The molecular formula is C29H15ClF6N6O2S2. The molecule has 17 heteroatoms. The summed E-state index contributed by atoms with van der Waals surface area (Å²) in [5.41, 5.74) is -5.21. The van der Waals surface area contributed by atoms with Gasteiger partial charge in [-0.05, 0) is 42.0 Å². The number of aromatic nitrogens is 4. The van der Waals surface area contributed by atoms with E-state index in [1.165, 1.54) is 24.3 Å². The van der Waals surface area contributed by atoms with E-state index < -0.39 is 52.6 Å². The number of carbonyl (C=O) groups is 1. The number of nitrogens with one attached hydrogen (secondary N) is 1. The normalized spacial score (nSPS) is 16.5. The largest absolute Gasteiger partial charge is 0.433 e. The van der Waals surface area contributed by atoms with E-state index in [1.807, 2.05) is 5.10 Å². The van der Waals surface area contributed by atoms with Crippen LogP contribution in [0.25, 0.3) is 25.6 Å². The van der Waals surface area contributed by atoms with Crippen LogP contribution in [-0.4, -0.2) is 37.5 Å². The minimum atomic E-state index is -5.28. The first-order chi connectivity index (χ1) is 21.8. The lowest BCUT2D eigenvalue weighted by molar-refractivity contribution is -0.142. The molecule has 1 aliphatic heterocycles.